The molecule has 8 nitrogen and oxygen atoms in total. The van der Waals surface area contributed by atoms with E-state index in [-0.39, 0.29) is 41.7 Å². The summed E-state index contributed by atoms with van der Waals surface area (Å²) >= 11 is 1.45. The fourth-order valence-corrected chi connectivity index (χ4v) is 6.21. The summed E-state index contributed by atoms with van der Waals surface area (Å²) in [6, 6.07) is 18.0. The maximum Gasteiger partial charge on any atom is 0.355 e. The molecule has 0 spiro atoms. The number of ether oxygens (including phenoxy) is 2. The van der Waals surface area contributed by atoms with Crippen molar-refractivity contribution in [2.75, 3.05) is 7.11 Å². The Morgan fingerprint density at radius 3 is 2.57 bits per heavy atom. The largest absolute Gasteiger partial charge is 0.497 e. The first-order chi connectivity index (χ1) is 17.0. The molecule has 4 atom stereocenters. The van der Waals surface area contributed by atoms with Gasteiger partial charge in [-0.3, -0.25) is 14.5 Å². The van der Waals surface area contributed by atoms with Crippen molar-refractivity contribution in [1.29, 1.82) is 5.26 Å². The van der Waals surface area contributed by atoms with Crippen LogP contribution in [0, 0.1) is 17.2 Å². The third kappa shape index (κ3) is 4.26. The summed E-state index contributed by atoms with van der Waals surface area (Å²) < 4.78 is 10.7. The third-order valence-corrected chi connectivity index (χ3v) is 8.10. The zero-order chi connectivity index (χ0) is 24.5. The summed E-state index contributed by atoms with van der Waals surface area (Å²) in [5, 5.41) is 11.7. The van der Waals surface area contributed by atoms with Crippen molar-refractivity contribution in [2.45, 2.75) is 36.1 Å². The van der Waals surface area contributed by atoms with Crippen molar-refractivity contribution in [2.24, 2.45) is 5.92 Å². The van der Waals surface area contributed by atoms with Crippen LogP contribution in [0.15, 0.2) is 65.9 Å². The number of nitriles is 1. The Labute approximate surface area is 206 Å². The van der Waals surface area contributed by atoms with Crippen LogP contribution in [0.2, 0.25) is 0 Å². The number of nitrogens with zero attached hydrogens (tertiary/aromatic N) is 2. The van der Waals surface area contributed by atoms with E-state index in [0.29, 0.717) is 12.2 Å². The normalized spacial score (nSPS) is 24.2. The first kappa shape index (κ1) is 23.0. The smallest absolute Gasteiger partial charge is 0.355 e. The number of esters is 1. The van der Waals surface area contributed by atoms with E-state index in [1.807, 2.05) is 30.3 Å². The average molecular weight is 490 g/mol. The molecule has 1 N–H and O–H groups in total. The molecule has 9 heteroatoms. The molecule has 0 radical (unpaired) electrons. The van der Waals surface area contributed by atoms with Crippen LogP contribution < -0.4 is 10.1 Å². The molecular weight excluding hydrogens is 466 g/mol. The van der Waals surface area contributed by atoms with E-state index in [2.05, 4.69) is 11.4 Å². The highest BCUT2D eigenvalue weighted by molar-refractivity contribution is 8.01. The van der Waals surface area contributed by atoms with Crippen molar-refractivity contribution in [3.8, 4) is 11.8 Å². The number of carbonyl (C=O) groups excluding carboxylic acids is 3. The predicted molar refractivity (Wildman–Crippen MR) is 128 cm³/mol. The van der Waals surface area contributed by atoms with Crippen LogP contribution in [0.1, 0.15) is 17.5 Å². The van der Waals surface area contributed by atoms with Crippen molar-refractivity contribution >= 4 is 29.5 Å². The Hall–Kier alpha value is -3.77. The van der Waals surface area contributed by atoms with E-state index >= 15 is 0 Å². The van der Waals surface area contributed by atoms with Gasteiger partial charge < -0.3 is 14.8 Å². The van der Waals surface area contributed by atoms with Gasteiger partial charge >= 0.3 is 5.97 Å². The van der Waals surface area contributed by atoms with Gasteiger partial charge in [-0.25, -0.2) is 4.79 Å². The second-order valence-electron chi connectivity index (χ2n) is 8.60. The molecule has 2 aliphatic heterocycles. The maximum atomic E-state index is 13.1. The number of nitrogens with one attached hydrogen (secondary N) is 1. The zero-order valence-electron chi connectivity index (χ0n) is 19.0. The lowest BCUT2D eigenvalue weighted by Crippen LogP contribution is -2.72. The fraction of sp³-hybridized carbons (Fsp3) is 0.308. The molecule has 2 heterocycles. The second-order valence-corrected chi connectivity index (χ2v) is 9.86. The summed E-state index contributed by atoms with van der Waals surface area (Å²) in [4.78, 5) is 40.2. The molecule has 5 rings (SSSR count). The number of benzene rings is 2. The van der Waals surface area contributed by atoms with E-state index in [1.54, 1.807) is 31.4 Å². The van der Waals surface area contributed by atoms with Gasteiger partial charge in [0.05, 0.1) is 25.5 Å². The molecule has 1 saturated carbocycles. The number of hydrogen-bond acceptors (Lipinski definition) is 7. The number of fused-ring (bicyclic) bond motifs is 2. The molecule has 1 saturated heterocycles. The molecule has 0 aromatic heterocycles. The van der Waals surface area contributed by atoms with Crippen molar-refractivity contribution in [3.05, 3.63) is 77.0 Å². The summed E-state index contributed by atoms with van der Waals surface area (Å²) in [7, 11) is 1.57. The molecule has 0 bridgehead atoms. The SMILES string of the molecule is COc1ccc(COC(=O)C2=C3CC(C#N)[C@@H]3S[C@@H]3[C@H](NC(=O)Cc4ccccc4)C(=O)N23)cc1. The van der Waals surface area contributed by atoms with Gasteiger partial charge in [0.25, 0.3) is 5.91 Å². The molecule has 2 amide bonds. The van der Waals surface area contributed by atoms with Gasteiger partial charge in [0.1, 0.15) is 29.5 Å². The first-order valence-corrected chi connectivity index (χ1v) is 12.2. The van der Waals surface area contributed by atoms with Gasteiger partial charge in [-0.15, -0.1) is 11.8 Å². The number of β-lactam (4-membered cyclic amide) rings is 1. The highest BCUT2D eigenvalue weighted by atomic mass is 32.2. The Morgan fingerprint density at radius 1 is 1.14 bits per heavy atom. The monoisotopic (exact) mass is 489 g/mol. The highest BCUT2D eigenvalue weighted by Crippen LogP contribution is 2.54. The fourth-order valence-electron chi connectivity index (χ4n) is 4.52. The first-order valence-electron chi connectivity index (χ1n) is 11.2. The molecule has 3 aliphatic rings. The Balaban J connectivity index is 1.29. The Morgan fingerprint density at radius 2 is 1.89 bits per heavy atom. The van der Waals surface area contributed by atoms with E-state index in [0.717, 1.165) is 16.7 Å². The molecule has 2 aromatic carbocycles. The summed E-state index contributed by atoms with van der Waals surface area (Å²) in [6.07, 6.45) is 0.590. The van der Waals surface area contributed by atoms with Crippen LogP contribution in [0.25, 0.3) is 0 Å². The minimum Gasteiger partial charge on any atom is -0.497 e. The molecule has 1 aliphatic carbocycles. The number of thioether (sulfide) groups is 1. The number of rotatable bonds is 7. The minimum atomic E-state index is -0.748. The van der Waals surface area contributed by atoms with Crippen LogP contribution >= 0.6 is 11.8 Å². The van der Waals surface area contributed by atoms with Gasteiger partial charge in [-0.1, -0.05) is 42.5 Å². The number of hydrogen-bond donors (Lipinski definition) is 1. The Bertz CT molecular complexity index is 1240. The second kappa shape index (κ2) is 9.47. The zero-order valence-corrected chi connectivity index (χ0v) is 19.8. The van der Waals surface area contributed by atoms with Crippen LogP contribution in [0.4, 0.5) is 0 Å². The van der Waals surface area contributed by atoms with Crippen LogP contribution in [0.5, 0.6) is 5.75 Å². The summed E-state index contributed by atoms with van der Waals surface area (Å²) in [5.74, 6) is -0.739. The van der Waals surface area contributed by atoms with E-state index in [1.165, 1.54) is 16.7 Å². The van der Waals surface area contributed by atoms with E-state index in [9.17, 15) is 19.6 Å². The molecular formula is C26H23N3O5S. The van der Waals surface area contributed by atoms with E-state index < -0.39 is 17.4 Å². The van der Waals surface area contributed by atoms with Crippen molar-refractivity contribution in [3.63, 3.8) is 0 Å². The molecule has 2 aromatic rings. The lowest BCUT2D eigenvalue weighted by molar-refractivity contribution is -0.153. The third-order valence-electron chi connectivity index (χ3n) is 6.44. The molecule has 35 heavy (non-hydrogen) atoms. The summed E-state index contributed by atoms with van der Waals surface area (Å²) in [5.41, 5.74) is 2.61. The quantitative estimate of drug-likeness (QED) is 0.470. The predicted octanol–water partition coefficient (Wildman–Crippen LogP) is 2.55. The van der Waals surface area contributed by atoms with Gasteiger partial charge in [0.2, 0.25) is 5.91 Å². The van der Waals surface area contributed by atoms with Crippen molar-refractivity contribution < 1.29 is 23.9 Å². The van der Waals surface area contributed by atoms with Crippen LogP contribution in [-0.2, 0) is 32.1 Å². The number of amides is 2. The highest BCUT2D eigenvalue weighted by Gasteiger charge is 2.60. The lowest BCUT2D eigenvalue weighted by atomic mass is 9.78. The Kier molecular flexibility index (Phi) is 6.22. The lowest BCUT2D eigenvalue weighted by Gasteiger charge is -2.55. The average Bonchev–Trinajstić information content (AvgIpc) is 2.87. The van der Waals surface area contributed by atoms with Crippen LogP contribution in [0.3, 0.4) is 0 Å². The number of methoxy groups -OCH3 is 1. The van der Waals surface area contributed by atoms with Gasteiger partial charge in [-0.2, -0.15) is 5.26 Å². The van der Waals surface area contributed by atoms with Gasteiger partial charge in [0.15, 0.2) is 0 Å². The van der Waals surface area contributed by atoms with Crippen LogP contribution in [-0.4, -0.2) is 46.5 Å². The van der Waals surface area contributed by atoms with E-state index in [4.69, 9.17) is 9.47 Å². The molecule has 2 fully saturated rings. The molecule has 178 valence electrons. The minimum absolute atomic E-state index is 0.0447. The topological polar surface area (TPSA) is 109 Å². The van der Waals surface area contributed by atoms with Gasteiger partial charge in [-0.05, 0) is 35.3 Å². The van der Waals surface area contributed by atoms with Gasteiger partial charge in [0, 0.05) is 5.25 Å². The molecule has 1 unspecified atom stereocenters. The van der Waals surface area contributed by atoms with Crippen molar-refractivity contribution in [1.82, 2.24) is 10.2 Å². The number of carbonyl (C=O) groups is 3. The standard InChI is InChI=1S/C26H23N3O5S/c1-33-18-9-7-16(8-10-18)14-34-26(32)22-19-12-17(13-27)23(19)35-25-21(24(31)29(22)25)28-20(30)11-15-5-3-2-4-6-15/h2-10,17,21,23,25H,11-12,14H2,1H3,(H,28,30)/t17?,21-,23+,25-/m1/s1. The summed E-state index contributed by atoms with van der Waals surface area (Å²) in [6.45, 7) is 0.0447. The maximum absolute atomic E-state index is 13.1.